The Hall–Kier alpha value is -2.65. The zero-order valence-corrected chi connectivity index (χ0v) is 15.0. The van der Waals surface area contributed by atoms with Crippen molar-refractivity contribution in [3.05, 3.63) is 74.1 Å². The van der Waals surface area contributed by atoms with Crippen molar-refractivity contribution in [3.8, 4) is 11.4 Å². The molecule has 0 aliphatic carbocycles. The van der Waals surface area contributed by atoms with Crippen LogP contribution in [0, 0.1) is 10.1 Å². The van der Waals surface area contributed by atoms with Crippen molar-refractivity contribution in [1.29, 1.82) is 0 Å². The average Bonchev–Trinajstić information content (AvgIpc) is 3.05. The summed E-state index contributed by atoms with van der Waals surface area (Å²) in [5, 5.41) is 21.9. The van der Waals surface area contributed by atoms with Crippen LogP contribution in [-0.4, -0.2) is 19.8 Å². The Morgan fingerprint density at radius 3 is 2.60 bits per heavy atom. The Bertz CT molecular complexity index is 1000. The highest BCUT2D eigenvalue weighted by molar-refractivity contribution is 9.10. The Morgan fingerprint density at radius 1 is 1.12 bits per heavy atom. The molecule has 0 radical (unpaired) electrons. The van der Waals surface area contributed by atoms with Crippen molar-refractivity contribution < 1.29 is 4.92 Å². The highest BCUT2D eigenvalue weighted by Gasteiger charge is 2.21. The van der Waals surface area contributed by atoms with E-state index in [1.54, 1.807) is 12.1 Å². The quantitative estimate of drug-likeness (QED) is 0.507. The van der Waals surface area contributed by atoms with Crippen molar-refractivity contribution in [1.82, 2.24) is 14.9 Å². The van der Waals surface area contributed by atoms with E-state index in [2.05, 4.69) is 31.6 Å². The third-order valence-corrected chi connectivity index (χ3v) is 5.17. The molecule has 0 fully saturated rings. The number of non-ortho nitro benzene ring substituents is 1. The molecule has 124 valence electrons. The third kappa shape index (κ3) is 2.92. The minimum atomic E-state index is -0.413. The van der Waals surface area contributed by atoms with Crippen LogP contribution in [0.2, 0.25) is 0 Å². The van der Waals surface area contributed by atoms with E-state index in [-0.39, 0.29) is 5.69 Å². The second-order valence-corrected chi connectivity index (χ2v) is 6.88. The summed E-state index contributed by atoms with van der Waals surface area (Å²) in [6.07, 6.45) is 0. The number of fused-ring (bicyclic) bond motifs is 1. The summed E-state index contributed by atoms with van der Waals surface area (Å²) in [5.41, 5.74) is 5.92. The molecule has 0 saturated carbocycles. The first kappa shape index (κ1) is 15.9. The number of halogens is 1. The van der Waals surface area contributed by atoms with Crippen LogP contribution < -0.4 is 5.43 Å². The second-order valence-electron chi connectivity index (χ2n) is 5.19. The molecule has 0 atom stereocenters. The van der Waals surface area contributed by atoms with Gasteiger partial charge in [0.05, 0.1) is 10.6 Å². The molecule has 0 unspecified atom stereocenters. The van der Waals surface area contributed by atoms with Gasteiger partial charge < -0.3 is 0 Å². The number of benzene rings is 2. The van der Waals surface area contributed by atoms with Gasteiger partial charge in [-0.15, -0.1) is 10.2 Å². The van der Waals surface area contributed by atoms with Crippen molar-refractivity contribution in [3.63, 3.8) is 0 Å². The summed E-state index contributed by atoms with van der Waals surface area (Å²) in [4.78, 5) is 10.4. The molecule has 9 heteroatoms. The van der Waals surface area contributed by atoms with Gasteiger partial charge in [-0.1, -0.05) is 39.8 Å². The molecule has 1 aromatic heterocycles. The van der Waals surface area contributed by atoms with E-state index in [0.29, 0.717) is 5.82 Å². The van der Waals surface area contributed by atoms with Gasteiger partial charge in [-0.25, -0.2) is 4.68 Å². The fraction of sp³-hybridized carbons (Fsp3) is 0. The minimum Gasteiger partial charge on any atom is -0.289 e. The topological polar surface area (TPSA) is 85.9 Å². The number of nitro benzene ring substituents is 1. The van der Waals surface area contributed by atoms with Gasteiger partial charge in [-0.05, 0) is 24.3 Å². The molecule has 3 aromatic rings. The molecule has 0 amide bonds. The molecule has 25 heavy (non-hydrogen) atoms. The number of nitrogens with zero attached hydrogens (tertiary/aromatic N) is 4. The molecule has 0 spiro atoms. The number of hydrogen-bond donors (Lipinski definition) is 1. The first-order valence-electron chi connectivity index (χ1n) is 7.22. The van der Waals surface area contributed by atoms with Crippen molar-refractivity contribution in [2.45, 2.75) is 5.16 Å². The lowest BCUT2D eigenvalue weighted by Gasteiger charge is -2.19. The fourth-order valence-corrected chi connectivity index (χ4v) is 3.62. The Labute approximate surface area is 155 Å². The third-order valence-electron chi connectivity index (χ3n) is 3.65. The molecule has 7 nitrogen and oxygen atoms in total. The van der Waals surface area contributed by atoms with Gasteiger partial charge >= 0.3 is 0 Å². The summed E-state index contributed by atoms with van der Waals surface area (Å²) in [6.45, 7) is 0. The molecule has 2 heterocycles. The highest BCUT2D eigenvalue weighted by atomic mass is 79.9. The van der Waals surface area contributed by atoms with E-state index < -0.39 is 4.92 Å². The number of hydrogen-bond acceptors (Lipinski definition) is 6. The fourth-order valence-electron chi connectivity index (χ4n) is 2.42. The molecule has 1 aliphatic heterocycles. The summed E-state index contributed by atoms with van der Waals surface area (Å²) in [5.74, 6) is 0.683. The summed E-state index contributed by atoms with van der Waals surface area (Å²) >= 11 is 4.97. The van der Waals surface area contributed by atoms with Crippen LogP contribution in [-0.2, 0) is 0 Å². The van der Waals surface area contributed by atoms with E-state index in [4.69, 9.17) is 0 Å². The molecule has 0 bridgehead atoms. The lowest BCUT2D eigenvalue weighted by atomic mass is 10.1. The maximum absolute atomic E-state index is 10.8. The van der Waals surface area contributed by atoms with Gasteiger partial charge in [0.2, 0.25) is 5.16 Å². The number of rotatable bonds is 3. The van der Waals surface area contributed by atoms with Crippen LogP contribution in [0.15, 0.2) is 63.6 Å². The van der Waals surface area contributed by atoms with Gasteiger partial charge in [0.1, 0.15) is 0 Å². The van der Waals surface area contributed by atoms with Gasteiger partial charge in [0.25, 0.3) is 5.69 Å². The lowest BCUT2D eigenvalue weighted by Crippen LogP contribution is -2.18. The number of thioether (sulfide) groups is 1. The SMILES string of the molecule is O=[N+]([O-])c1ccc(C2=CSc3nnc(-c4ccccc4Br)n3N2)cc1. The van der Waals surface area contributed by atoms with E-state index in [1.165, 1.54) is 23.9 Å². The molecular weight excluding hydrogens is 406 g/mol. The largest absolute Gasteiger partial charge is 0.289 e. The Kier molecular flexibility index (Phi) is 4.02. The normalized spacial score (nSPS) is 12.9. The van der Waals surface area contributed by atoms with Crippen LogP contribution in [0.4, 0.5) is 5.69 Å². The van der Waals surface area contributed by atoms with E-state index in [0.717, 1.165) is 26.5 Å². The average molecular weight is 416 g/mol. The molecule has 1 N–H and O–H groups in total. The van der Waals surface area contributed by atoms with Gasteiger partial charge in [0.15, 0.2) is 5.82 Å². The first-order chi connectivity index (χ1) is 12.1. The monoisotopic (exact) mass is 415 g/mol. The number of aromatic nitrogens is 3. The van der Waals surface area contributed by atoms with Crippen LogP contribution in [0.25, 0.3) is 17.1 Å². The second kappa shape index (κ2) is 6.34. The van der Waals surface area contributed by atoms with E-state index in [9.17, 15) is 10.1 Å². The van der Waals surface area contributed by atoms with Crippen molar-refractivity contribution in [2.75, 3.05) is 5.43 Å². The molecule has 0 saturated heterocycles. The standard InChI is InChI=1S/C16H10BrN5O2S/c17-13-4-2-1-3-12(13)15-18-19-16-21(15)20-14(9-25-16)10-5-7-11(8-6-10)22(23)24/h1-9,20H. The lowest BCUT2D eigenvalue weighted by molar-refractivity contribution is -0.384. The smallest absolute Gasteiger partial charge is 0.269 e. The summed E-state index contributed by atoms with van der Waals surface area (Å²) in [6, 6.07) is 14.2. The summed E-state index contributed by atoms with van der Waals surface area (Å²) < 4.78 is 2.73. The van der Waals surface area contributed by atoms with Crippen molar-refractivity contribution in [2.24, 2.45) is 0 Å². The molecule has 4 rings (SSSR count). The van der Waals surface area contributed by atoms with Gasteiger partial charge in [-0.3, -0.25) is 15.5 Å². The zero-order valence-electron chi connectivity index (χ0n) is 12.6. The zero-order chi connectivity index (χ0) is 17.4. The van der Waals surface area contributed by atoms with Crippen LogP contribution in [0.1, 0.15) is 5.56 Å². The summed E-state index contributed by atoms with van der Waals surface area (Å²) in [7, 11) is 0. The minimum absolute atomic E-state index is 0.0618. The maximum atomic E-state index is 10.8. The van der Waals surface area contributed by atoms with E-state index >= 15 is 0 Å². The Morgan fingerprint density at radius 2 is 1.88 bits per heavy atom. The van der Waals surface area contributed by atoms with Crippen molar-refractivity contribution >= 4 is 39.1 Å². The van der Waals surface area contributed by atoms with Crippen LogP contribution in [0.3, 0.4) is 0 Å². The Balaban J connectivity index is 1.68. The van der Waals surface area contributed by atoms with Crippen LogP contribution in [0.5, 0.6) is 0 Å². The van der Waals surface area contributed by atoms with Gasteiger partial charge in [-0.2, -0.15) is 0 Å². The number of nitrogens with one attached hydrogen (secondary N) is 1. The molecular formula is C16H10BrN5O2S. The van der Waals surface area contributed by atoms with Gasteiger partial charge in [0, 0.05) is 33.1 Å². The molecule has 1 aliphatic rings. The van der Waals surface area contributed by atoms with Crippen LogP contribution >= 0.6 is 27.7 Å². The highest BCUT2D eigenvalue weighted by Crippen LogP contribution is 2.33. The molecule has 2 aromatic carbocycles. The predicted molar refractivity (Wildman–Crippen MR) is 99.4 cm³/mol. The maximum Gasteiger partial charge on any atom is 0.269 e. The predicted octanol–water partition coefficient (Wildman–Crippen LogP) is 4.26. The first-order valence-corrected chi connectivity index (χ1v) is 8.90. The van der Waals surface area contributed by atoms with E-state index in [1.807, 2.05) is 34.3 Å². The number of nitro groups is 1.